The number of alkyl halides is 1. The van der Waals surface area contributed by atoms with E-state index >= 15 is 0 Å². The van der Waals surface area contributed by atoms with Gasteiger partial charge in [0, 0.05) is 0 Å². The Morgan fingerprint density at radius 2 is 2.20 bits per heavy atom. The number of amides is 1. The number of halogens is 2. The summed E-state index contributed by atoms with van der Waals surface area (Å²) in [6.45, 7) is 1.20. The van der Waals surface area contributed by atoms with E-state index in [0.717, 1.165) is 22.6 Å². The van der Waals surface area contributed by atoms with Crippen LogP contribution in [-0.2, 0) is 0 Å². The van der Waals surface area contributed by atoms with Crippen LogP contribution in [-0.4, -0.2) is 36.2 Å². The van der Waals surface area contributed by atoms with Crippen LogP contribution in [0.3, 0.4) is 0 Å². The van der Waals surface area contributed by atoms with Crippen molar-refractivity contribution in [2.45, 2.75) is 3.92 Å². The fourth-order valence-electron chi connectivity index (χ4n) is 3.75. The zero-order valence-electron chi connectivity index (χ0n) is 16.0. The van der Waals surface area contributed by atoms with Gasteiger partial charge in [-0.05, 0) is 0 Å². The van der Waals surface area contributed by atoms with Gasteiger partial charge in [-0.1, -0.05) is 0 Å². The molecule has 2 bridgehead atoms. The normalized spacial score (nSPS) is 17.7. The van der Waals surface area contributed by atoms with Gasteiger partial charge < -0.3 is 0 Å². The van der Waals surface area contributed by atoms with Gasteiger partial charge in [0.25, 0.3) is 0 Å². The van der Waals surface area contributed by atoms with Gasteiger partial charge in [0.2, 0.25) is 0 Å². The zero-order valence-corrected chi connectivity index (χ0v) is 18.1. The van der Waals surface area contributed by atoms with Crippen molar-refractivity contribution in [3.8, 4) is 17.0 Å². The predicted molar refractivity (Wildman–Crippen MR) is 107 cm³/mol. The number of hydrogen-bond acceptors (Lipinski definition) is 6. The molecule has 0 aliphatic carbocycles. The van der Waals surface area contributed by atoms with E-state index in [1.165, 1.54) is 13.2 Å². The molecule has 1 aromatic carbocycles. The Balaban J connectivity index is 1.75. The number of rotatable bonds is 3. The molecule has 2 aliphatic rings. The van der Waals surface area contributed by atoms with Crippen molar-refractivity contribution in [2.24, 2.45) is 0 Å². The third kappa shape index (κ3) is 3.16. The van der Waals surface area contributed by atoms with E-state index < -0.39 is 27.3 Å². The number of hydrogen-bond donors (Lipinski definition) is 5. The molecule has 4 heterocycles. The molecule has 30 heavy (non-hydrogen) atoms. The first kappa shape index (κ1) is 19.1. The van der Waals surface area contributed by atoms with Crippen molar-refractivity contribution in [3.63, 3.8) is 0 Å². The van der Waals surface area contributed by atoms with E-state index in [4.69, 9.17) is 4.74 Å². The molecule has 5 N–H and O–H groups in total. The van der Waals surface area contributed by atoms with Crippen LogP contribution in [0.4, 0.5) is 21.5 Å². The van der Waals surface area contributed by atoms with E-state index in [9.17, 15) is 9.18 Å². The van der Waals surface area contributed by atoms with Crippen LogP contribution in [0.15, 0.2) is 36.7 Å². The average molecular weight is 521 g/mol. The number of anilines is 3. The standard InChI is InChI=1S/C20H19FIN6O2/c1-30-19-11(21)3-2-4-13(19)27-18-15-17-12(7-24-20(15)29)22-26-9-25-14-8-23-6-5-10(14)16(18)28-17/h2-6,8,12,25-28H,7,9H2,1H3,(H,24,29)/q-1/t12-/m1/s1. The molecule has 0 fully saturated rings. The molecular formula is C20H19FIN6O2-. The van der Waals surface area contributed by atoms with E-state index in [1.54, 1.807) is 24.5 Å². The molecule has 0 saturated heterocycles. The summed E-state index contributed by atoms with van der Waals surface area (Å²) in [5.74, 6) is -0.541. The monoisotopic (exact) mass is 521 g/mol. The molecular weight excluding hydrogens is 502 g/mol. The average Bonchev–Trinajstić information content (AvgIpc) is 3.13. The number of pyridine rings is 1. The Morgan fingerprint density at radius 1 is 1.30 bits per heavy atom. The van der Waals surface area contributed by atoms with E-state index in [2.05, 4.69) is 29.4 Å². The van der Waals surface area contributed by atoms with Gasteiger partial charge in [0.15, 0.2) is 0 Å². The molecule has 0 unspecified atom stereocenters. The Kier molecular flexibility index (Phi) is 4.95. The zero-order chi connectivity index (χ0) is 20.7. The summed E-state index contributed by atoms with van der Waals surface area (Å²) in [4.78, 5) is 20.6. The number of para-hydroxylation sites is 1. The summed E-state index contributed by atoms with van der Waals surface area (Å²) in [7, 11) is 1.42. The van der Waals surface area contributed by atoms with Crippen LogP contribution in [0.2, 0.25) is 0 Å². The molecule has 2 aliphatic heterocycles. The number of ether oxygens (including phenoxy) is 1. The number of H-pyrrole nitrogens is 1. The van der Waals surface area contributed by atoms with E-state index in [-0.39, 0.29) is 15.6 Å². The fraction of sp³-hybridized carbons (Fsp3) is 0.200. The summed E-state index contributed by atoms with van der Waals surface area (Å²) < 4.78 is 23.2. The van der Waals surface area contributed by atoms with Crippen molar-refractivity contribution in [3.05, 3.63) is 53.7 Å². The maximum atomic E-state index is 14.3. The first-order valence-electron chi connectivity index (χ1n) is 9.34. The molecule has 1 atom stereocenters. The Hall–Kier alpha value is -2.86. The van der Waals surface area contributed by atoms with Crippen LogP contribution < -0.4 is 45.7 Å². The predicted octanol–water partition coefficient (Wildman–Crippen LogP) is -0.271. The summed E-state index contributed by atoms with van der Waals surface area (Å²) >= 11 is -0.434. The van der Waals surface area contributed by atoms with Crippen LogP contribution in [0.25, 0.3) is 11.3 Å². The minimum atomic E-state index is -0.477. The van der Waals surface area contributed by atoms with Gasteiger partial charge in [-0.3, -0.25) is 0 Å². The van der Waals surface area contributed by atoms with Crippen LogP contribution in [0.1, 0.15) is 20.0 Å². The third-order valence-electron chi connectivity index (χ3n) is 5.09. The molecule has 5 rings (SSSR count). The number of fused-ring (bicyclic) bond motifs is 3. The Morgan fingerprint density at radius 3 is 3.07 bits per heavy atom. The van der Waals surface area contributed by atoms with Crippen molar-refractivity contribution < 1.29 is 35.4 Å². The van der Waals surface area contributed by atoms with Crippen molar-refractivity contribution in [1.82, 2.24) is 18.8 Å². The van der Waals surface area contributed by atoms with Crippen molar-refractivity contribution in [2.75, 3.05) is 31.0 Å². The molecule has 3 aromatic rings. The molecule has 156 valence electrons. The Labute approximate surface area is 182 Å². The molecule has 0 spiro atoms. The number of nitrogens with one attached hydrogen (secondary N) is 5. The number of aromatic amines is 1. The number of carbonyl (C=O) groups excluding carboxylic acids is 1. The van der Waals surface area contributed by atoms with Crippen molar-refractivity contribution >= 4 is 23.0 Å². The third-order valence-corrected chi connectivity index (χ3v) is 7.72. The molecule has 0 radical (unpaired) electrons. The minimum absolute atomic E-state index is 0.0950. The SMILES string of the molecule is COc1c(F)cccc1Nc1c2[nH]c3c1C(=O)NC[C@H]3[I-]NCNc1cnccc1-2. The van der Waals surface area contributed by atoms with Gasteiger partial charge >= 0.3 is 183 Å². The number of methoxy groups -OCH3 is 1. The molecule has 0 saturated carbocycles. The number of nitrogens with zero attached hydrogens (tertiary/aromatic N) is 1. The summed E-state index contributed by atoms with van der Waals surface area (Å²) in [6.07, 6.45) is 3.46. The number of carbonyl (C=O) groups is 1. The summed E-state index contributed by atoms with van der Waals surface area (Å²) in [5.41, 5.74) is 4.95. The quantitative estimate of drug-likeness (QED) is 0.185. The van der Waals surface area contributed by atoms with Crippen molar-refractivity contribution in [1.29, 1.82) is 0 Å². The van der Waals surface area contributed by atoms with E-state index in [1.807, 2.05) is 6.07 Å². The summed E-state index contributed by atoms with van der Waals surface area (Å²) in [5, 5.41) is 9.63. The van der Waals surface area contributed by atoms with Gasteiger partial charge in [-0.25, -0.2) is 0 Å². The van der Waals surface area contributed by atoms with Gasteiger partial charge in [-0.2, -0.15) is 0 Å². The second-order valence-corrected chi connectivity index (χ2v) is 9.69. The second-order valence-electron chi connectivity index (χ2n) is 6.80. The van der Waals surface area contributed by atoms with Crippen LogP contribution >= 0.6 is 0 Å². The molecule has 8 nitrogen and oxygen atoms in total. The van der Waals surface area contributed by atoms with E-state index in [0.29, 0.717) is 30.2 Å². The first-order valence-corrected chi connectivity index (χ1v) is 11.7. The summed E-state index contributed by atoms with van der Waals surface area (Å²) in [6, 6.07) is 6.55. The first-order chi connectivity index (χ1) is 14.7. The molecule has 1 amide bonds. The van der Waals surface area contributed by atoms with Crippen LogP contribution in [0, 0.1) is 5.82 Å². The van der Waals surface area contributed by atoms with Gasteiger partial charge in [-0.15, -0.1) is 0 Å². The topological polar surface area (TPSA) is 103 Å². The maximum absolute atomic E-state index is 14.3. The van der Waals surface area contributed by atoms with Gasteiger partial charge in [0.1, 0.15) is 0 Å². The van der Waals surface area contributed by atoms with Crippen LogP contribution in [0.5, 0.6) is 5.75 Å². The number of benzene rings is 1. The second kappa shape index (κ2) is 7.76. The fourth-order valence-corrected chi connectivity index (χ4v) is 5.91. The molecule has 10 heteroatoms. The molecule has 2 aromatic heterocycles. The van der Waals surface area contributed by atoms with Gasteiger partial charge in [0.05, 0.1) is 0 Å². The number of aromatic nitrogens is 2. The Bertz CT molecular complexity index is 1130.